The first-order valence-electron chi connectivity index (χ1n) is 3.72. The van der Waals surface area contributed by atoms with Crippen molar-refractivity contribution in [3.05, 3.63) is 16.4 Å². The first-order chi connectivity index (χ1) is 5.34. The first-order valence-corrected chi connectivity index (χ1v) is 4.51. The molecule has 0 aromatic carbocycles. The predicted molar refractivity (Wildman–Crippen MR) is 49.6 cm³/mol. The summed E-state index contributed by atoms with van der Waals surface area (Å²) < 4.78 is 15.1. The van der Waals surface area contributed by atoms with Crippen molar-refractivity contribution in [3.63, 3.8) is 0 Å². The number of aromatic nitrogens is 2. The van der Waals surface area contributed by atoms with Crippen molar-refractivity contribution >= 4 is 15.9 Å². The maximum Gasteiger partial charge on any atom is 0.290 e. The fraction of sp³-hybridized carbons (Fsp3) is 0.625. The Morgan fingerprint density at radius 2 is 1.92 bits per heavy atom. The van der Waals surface area contributed by atoms with Gasteiger partial charge in [0.15, 0.2) is 0 Å². The number of rotatable bonds is 0. The van der Waals surface area contributed by atoms with Gasteiger partial charge in [-0.05, 0) is 15.9 Å². The summed E-state index contributed by atoms with van der Waals surface area (Å²) in [4.78, 5) is 3.83. The molecule has 1 aromatic heterocycles. The lowest BCUT2D eigenvalue weighted by Crippen LogP contribution is -2.12. The molecule has 0 N–H and O–H groups in total. The second-order valence-corrected chi connectivity index (χ2v) is 4.58. The van der Waals surface area contributed by atoms with Crippen LogP contribution in [0.2, 0.25) is 0 Å². The third-order valence-corrected chi connectivity index (χ3v) is 2.59. The van der Waals surface area contributed by atoms with Gasteiger partial charge in [-0.2, -0.15) is 4.39 Å². The van der Waals surface area contributed by atoms with E-state index in [-0.39, 0.29) is 5.41 Å². The molecule has 68 valence electrons. The minimum atomic E-state index is -0.452. The van der Waals surface area contributed by atoms with Gasteiger partial charge >= 0.3 is 0 Å². The largest absolute Gasteiger partial charge is 0.298 e. The Morgan fingerprint density at radius 3 is 2.08 bits per heavy atom. The normalized spacial score (nSPS) is 12.2. The summed E-state index contributed by atoms with van der Waals surface area (Å²) in [6.07, 6.45) is -0.452. The van der Waals surface area contributed by atoms with E-state index >= 15 is 0 Å². The van der Waals surface area contributed by atoms with Crippen LogP contribution >= 0.6 is 15.9 Å². The van der Waals surface area contributed by atoms with Crippen LogP contribution in [0, 0.1) is 6.08 Å². The number of nitrogens with zero attached hydrogens (tertiary/aromatic N) is 2. The summed E-state index contributed by atoms with van der Waals surface area (Å²) >= 11 is 3.30. The van der Waals surface area contributed by atoms with E-state index in [1.807, 2.05) is 20.8 Å². The molecular formula is C8H12BrFN2. The van der Waals surface area contributed by atoms with E-state index in [9.17, 15) is 4.39 Å². The summed E-state index contributed by atoms with van der Waals surface area (Å²) in [5.41, 5.74) is 0.628. The third kappa shape index (κ3) is 1.53. The minimum absolute atomic E-state index is 0.124. The Hall–Kier alpha value is -0.380. The summed E-state index contributed by atoms with van der Waals surface area (Å²) in [5, 5.41) is 0. The standard InChI is InChI=1S/C8H12BrFN2/c1-8(2,3)5-6(9)12(4)7(10)11-5/h1-4H3. The van der Waals surface area contributed by atoms with E-state index in [0.717, 1.165) is 5.69 Å². The van der Waals surface area contributed by atoms with E-state index in [4.69, 9.17) is 0 Å². The quantitative estimate of drug-likeness (QED) is 0.675. The predicted octanol–water partition coefficient (Wildman–Crippen LogP) is 2.62. The molecule has 4 heteroatoms. The lowest BCUT2D eigenvalue weighted by atomic mass is 9.93. The molecule has 1 aromatic rings. The van der Waals surface area contributed by atoms with Crippen molar-refractivity contribution in [2.24, 2.45) is 7.05 Å². The number of imidazole rings is 1. The monoisotopic (exact) mass is 234 g/mol. The SMILES string of the molecule is Cn1c(F)nc(C(C)(C)C)c1Br. The molecule has 0 bridgehead atoms. The van der Waals surface area contributed by atoms with Crippen molar-refractivity contribution in [2.75, 3.05) is 0 Å². The van der Waals surface area contributed by atoms with Gasteiger partial charge in [0.2, 0.25) is 0 Å². The molecule has 0 atom stereocenters. The van der Waals surface area contributed by atoms with E-state index < -0.39 is 6.08 Å². The summed E-state index contributed by atoms with van der Waals surface area (Å²) in [6.45, 7) is 6.00. The van der Waals surface area contributed by atoms with Gasteiger partial charge < -0.3 is 0 Å². The smallest absolute Gasteiger partial charge is 0.290 e. The van der Waals surface area contributed by atoms with Gasteiger partial charge in [-0.25, -0.2) is 4.98 Å². The van der Waals surface area contributed by atoms with Crippen molar-refractivity contribution in [3.8, 4) is 0 Å². The van der Waals surface area contributed by atoms with E-state index in [1.54, 1.807) is 7.05 Å². The third-order valence-electron chi connectivity index (χ3n) is 1.68. The fourth-order valence-electron chi connectivity index (χ4n) is 0.930. The van der Waals surface area contributed by atoms with Gasteiger partial charge in [0, 0.05) is 12.5 Å². The highest BCUT2D eigenvalue weighted by Gasteiger charge is 2.23. The molecule has 0 saturated heterocycles. The Morgan fingerprint density at radius 1 is 1.42 bits per heavy atom. The zero-order valence-corrected chi connectivity index (χ0v) is 9.24. The Labute approximate surface area is 79.9 Å². The average Bonchev–Trinajstić information content (AvgIpc) is 2.15. The van der Waals surface area contributed by atoms with E-state index in [0.29, 0.717) is 4.60 Å². The molecule has 0 radical (unpaired) electrons. The van der Waals surface area contributed by atoms with Crippen LogP contribution in [-0.4, -0.2) is 9.55 Å². The second kappa shape index (κ2) is 2.83. The molecule has 0 spiro atoms. The van der Waals surface area contributed by atoms with Gasteiger partial charge in [0.05, 0.1) is 5.69 Å². The highest BCUT2D eigenvalue weighted by molar-refractivity contribution is 9.10. The molecule has 12 heavy (non-hydrogen) atoms. The highest BCUT2D eigenvalue weighted by atomic mass is 79.9. The van der Waals surface area contributed by atoms with Crippen LogP contribution in [0.15, 0.2) is 4.60 Å². The first kappa shape index (κ1) is 9.71. The van der Waals surface area contributed by atoms with Crippen LogP contribution in [0.25, 0.3) is 0 Å². The van der Waals surface area contributed by atoms with Crippen molar-refractivity contribution in [1.29, 1.82) is 0 Å². The lowest BCUT2D eigenvalue weighted by Gasteiger charge is -2.15. The van der Waals surface area contributed by atoms with Crippen molar-refractivity contribution in [2.45, 2.75) is 26.2 Å². The maximum absolute atomic E-state index is 13.0. The molecule has 0 aliphatic heterocycles. The minimum Gasteiger partial charge on any atom is -0.298 e. The lowest BCUT2D eigenvalue weighted by molar-refractivity contribution is 0.491. The zero-order chi connectivity index (χ0) is 9.52. The summed E-state index contributed by atoms with van der Waals surface area (Å²) in [6, 6.07) is 0. The summed E-state index contributed by atoms with van der Waals surface area (Å²) in [7, 11) is 1.64. The van der Waals surface area contributed by atoms with Crippen LogP contribution in [-0.2, 0) is 12.5 Å². The Bertz CT molecular complexity index is 299. The van der Waals surface area contributed by atoms with Gasteiger partial charge in [-0.1, -0.05) is 20.8 Å². The van der Waals surface area contributed by atoms with Gasteiger partial charge in [-0.3, -0.25) is 4.57 Å². The highest BCUT2D eigenvalue weighted by Crippen LogP contribution is 2.28. The van der Waals surface area contributed by atoms with Crippen LogP contribution in [0.3, 0.4) is 0 Å². The second-order valence-electron chi connectivity index (χ2n) is 3.83. The van der Waals surface area contributed by atoms with Crippen LogP contribution in [0.4, 0.5) is 4.39 Å². The molecule has 1 heterocycles. The number of hydrogen-bond donors (Lipinski definition) is 0. The molecule has 0 aliphatic rings. The van der Waals surface area contributed by atoms with Crippen LogP contribution in [0.5, 0.6) is 0 Å². The van der Waals surface area contributed by atoms with Crippen molar-refractivity contribution < 1.29 is 4.39 Å². The van der Waals surface area contributed by atoms with Gasteiger partial charge in [0.25, 0.3) is 6.08 Å². The molecule has 0 aliphatic carbocycles. The van der Waals surface area contributed by atoms with Crippen LogP contribution in [0.1, 0.15) is 26.5 Å². The molecule has 0 amide bonds. The van der Waals surface area contributed by atoms with E-state index in [1.165, 1.54) is 4.57 Å². The fourth-order valence-corrected chi connectivity index (χ4v) is 1.76. The number of hydrogen-bond acceptors (Lipinski definition) is 1. The summed E-state index contributed by atoms with van der Waals surface area (Å²) in [5.74, 6) is 0. The van der Waals surface area contributed by atoms with Gasteiger partial charge in [-0.15, -0.1) is 0 Å². The molecule has 0 saturated carbocycles. The molecule has 0 fully saturated rings. The molecular weight excluding hydrogens is 223 g/mol. The number of halogens is 2. The van der Waals surface area contributed by atoms with E-state index in [2.05, 4.69) is 20.9 Å². The van der Waals surface area contributed by atoms with Crippen LogP contribution < -0.4 is 0 Å². The Balaban J connectivity index is 3.28. The topological polar surface area (TPSA) is 17.8 Å². The average molecular weight is 235 g/mol. The van der Waals surface area contributed by atoms with Crippen molar-refractivity contribution in [1.82, 2.24) is 9.55 Å². The maximum atomic E-state index is 13.0. The molecule has 1 rings (SSSR count). The zero-order valence-electron chi connectivity index (χ0n) is 7.65. The molecule has 0 unspecified atom stereocenters. The molecule has 2 nitrogen and oxygen atoms in total. The van der Waals surface area contributed by atoms with Gasteiger partial charge in [0.1, 0.15) is 4.60 Å². The Kier molecular flexibility index (Phi) is 2.29.